The summed E-state index contributed by atoms with van der Waals surface area (Å²) in [5.74, 6) is 1.46. The molecular formula is C26H25N3O2S. The van der Waals surface area contributed by atoms with Gasteiger partial charge in [0.05, 0.1) is 10.2 Å². The summed E-state index contributed by atoms with van der Waals surface area (Å²) in [4.78, 5) is 22.2. The Balaban J connectivity index is 1.26. The maximum atomic E-state index is 13.1. The van der Waals surface area contributed by atoms with E-state index in [2.05, 4.69) is 30.9 Å². The molecule has 1 saturated heterocycles. The largest absolute Gasteiger partial charge is 0.457 e. The van der Waals surface area contributed by atoms with Crippen molar-refractivity contribution in [2.75, 3.05) is 31.1 Å². The number of amides is 1. The van der Waals surface area contributed by atoms with Gasteiger partial charge in [-0.25, -0.2) is 4.98 Å². The summed E-state index contributed by atoms with van der Waals surface area (Å²) in [7, 11) is 0. The first-order valence-corrected chi connectivity index (χ1v) is 11.6. The predicted octanol–water partition coefficient (Wildman–Crippen LogP) is 5.67. The van der Waals surface area contributed by atoms with Gasteiger partial charge in [0.25, 0.3) is 5.91 Å². The third-order valence-electron chi connectivity index (χ3n) is 5.97. The van der Waals surface area contributed by atoms with E-state index in [1.165, 1.54) is 15.8 Å². The Bertz CT molecular complexity index is 1260. The Morgan fingerprint density at radius 3 is 2.44 bits per heavy atom. The Kier molecular flexibility index (Phi) is 5.53. The Morgan fingerprint density at radius 1 is 0.906 bits per heavy atom. The summed E-state index contributed by atoms with van der Waals surface area (Å²) < 4.78 is 7.11. The van der Waals surface area contributed by atoms with Crippen LogP contribution in [-0.4, -0.2) is 42.0 Å². The number of thiazole rings is 1. The normalized spacial score (nSPS) is 14.1. The quantitative estimate of drug-likeness (QED) is 0.408. The van der Waals surface area contributed by atoms with E-state index in [1.807, 2.05) is 59.5 Å². The third kappa shape index (κ3) is 4.06. The van der Waals surface area contributed by atoms with Crippen molar-refractivity contribution >= 4 is 32.6 Å². The lowest BCUT2D eigenvalue weighted by Crippen LogP contribution is -2.48. The lowest BCUT2D eigenvalue weighted by molar-refractivity contribution is 0.0746. The zero-order valence-electron chi connectivity index (χ0n) is 18.2. The monoisotopic (exact) mass is 443 g/mol. The number of aromatic nitrogens is 1. The number of para-hydroxylation sites is 1. The van der Waals surface area contributed by atoms with Crippen molar-refractivity contribution in [2.45, 2.75) is 13.8 Å². The van der Waals surface area contributed by atoms with Crippen LogP contribution < -0.4 is 9.64 Å². The topological polar surface area (TPSA) is 45.7 Å². The number of carbonyl (C=O) groups excluding carboxylic acids is 1. The second-order valence-corrected chi connectivity index (χ2v) is 9.08. The number of aryl methyl sites for hydroxylation is 2. The van der Waals surface area contributed by atoms with Crippen LogP contribution in [0.4, 0.5) is 5.13 Å². The van der Waals surface area contributed by atoms with Gasteiger partial charge in [0.15, 0.2) is 5.13 Å². The van der Waals surface area contributed by atoms with Crippen molar-refractivity contribution in [2.24, 2.45) is 0 Å². The molecule has 5 nitrogen and oxygen atoms in total. The molecule has 1 fully saturated rings. The number of ether oxygens (including phenoxy) is 1. The van der Waals surface area contributed by atoms with Gasteiger partial charge in [0.1, 0.15) is 11.5 Å². The van der Waals surface area contributed by atoms with E-state index in [-0.39, 0.29) is 5.91 Å². The van der Waals surface area contributed by atoms with Crippen molar-refractivity contribution in [3.63, 3.8) is 0 Å². The fraction of sp³-hybridized carbons (Fsp3) is 0.231. The first-order valence-electron chi connectivity index (χ1n) is 10.8. The number of nitrogens with zero attached hydrogens (tertiary/aromatic N) is 3. The lowest BCUT2D eigenvalue weighted by Gasteiger charge is -2.34. The Hall–Kier alpha value is -3.38. The van der Waals surface area contributed by atoms with Crippen molar-refractivity contribution in [1.29, 1.82) is 0 Å². The molecule has 32 heavy (non-hydrogen) atoms. The lowest BCUT2D eigenvalue weighted by atomic mass is 10.1. The van der Waals surface area contributed by atoms with Crippen LogP contribution in [0.15, 0.2) is 66.7 Å². The SMILES string of the molecule is Cc1ccc2sc(N3CCN(C(=O)c4cccc(Oc5ccccc5)c4)CC3)nc2c1C. The first-order chi connectivity index (χ1) is 15.6. The van der Waals surface area contributed by atoms with Crippen LogP contribution in [0.5, 0.6) is 11.5 Å². The maximum absolute atomic E-state index is 13.1. The molecule has 0 aliphatic carbocycles. The van der Waals surface area contributed by atoms with Gasteiger partial charge in [-0.3, -0.25) is 4.79 Å². The van der Waals surface area contributed by atoms with E-state index >= 15 is 0 Å². The highest BCUT2D eigenvalue weighted by Gasteiger charge is 2.24. The number of hydrogen-bond acceptors (Lipinski definition) is 5. The van der Waals surface area contributed by atoms with Crippen LogP contribution in [0, 0.1) is 13.8 Å². The van der Waals surface area contributed by atoms with Crippen LogP contribution in [0.25, 0.3) is 10.2 Å². The van der Waals surface area contributed by atoms with Crippen molar-refractivity contribution < 1.29 is 9.53 Å². The van der Waals surface area contributed by atoms with Gasteiger partial charge in [-0.15, -0.1) is 0 Å². The molecule has 1 aliphatic rings. The number of piperazine rings is 1. The smallest absolute Gasteiger partial charge is 0.254 e. The minimum atomic E-state index is 0.0407. The molecule has 6 heteroatoms. The minimum absolute atomic E-state index is 0.0407. The molecule has 0 atom stereocenters. The summed E-state index contributed by atoms with van der Waals surface area (Å²) in [5.41, 5.74) is 4.26. The van der Waals surface area contributed by atoms with Crippen LogP contribution in [-0.2, 0) is 0 Å². The van der Waals surface area contributed by atoms with Crippen LogP contribution in [0.1, 0.15) is 21.5 Å². The zero-order chi connectivity index (χ0) is 22.1. The molecule has 0 unspecified atom stereocenters. The molecule has 3 aromatic carbocycles. The number of fused-ring (bicyclic) bond motifs is 1. The molecule has 0 saturated carbocycles. The van der Waals surface area contributed by atoms with Crippen LogP contribution in [0.2, 0.25) is 0 Å². The zero-order valence-corrected chi connectivity index (χ0v) is 19.1. The van der Waals surface area contributed by atoms with E-state index in [0.717, 1.165) is 29.5 Å². The fourth-order valence-electron chi connectivity index (χ4n) is 3.95. The van der Waals surface area contributed by atoms with Crippen molar-refractivity contribution in [1.82, 2.24) is 9.88 Å². The Labute approximate surface area is 191 Å². The van der Waals surface area contributed by atoms with E-state index in [9.17, 15) is 4.79 Å². The van der Waals surface area contributed by atoms with Gasteiger partial charge in [0, 0.05) is 31.7 Å². The molecule has 5 rings (SSSR count). The molecule has 162 valence electrons. The standard InChI is InChI=1S/C26H25N3O2S/c1-18-11-12-23-24(19(18)2)27-26(32-23)29-15-13-28(14-16-29)25(30)20-7-6-10-22(17-20)31-21-8-4-3-5-9-21/h3-12,17H,13-16H2,1-2H3. The van der Waals surface area contributed by atoms with E-state index in [0.29, 0.717) is 24.4 Å². The van der Waals surface area contributed by atoms with Gasteiger partial charge < -0.3 is 14.5 Å². The highest BCUT2D eigenvalue weighted by atomic mass is 32.1. The average molecular weight is 444 g/mol. The highest BCUT2D eigenvalue weighted by Crippen LogP contribution is 2.32. The molecule has 0 radical (unpaired) electrons. The molecule has 2 heterocycles. The number of anilines is 1. The van der Waals surface area contributed by atoms with E-state index in [1.54, 1.807) is 11.3 Å². The molecule has 1 aromatic heterocycles. The molecule has 0 N–H and O–H groups in total. The summed E-state index contributed by atoms with van der Waals surface area (Å²) in [6.45, 7) is 7.17. The van der Waals surface area contributed by atoms with Gasteiger partial charge in [-0.1, -0.05) is 41.7 Å². The number of carbonyl (C=O) groups is 1. The van der Waals surface area contributed by atoms with Crippen molar-refractivity contribution in [3.05, 3.63) is 83.4 Å². The van der Waals surface area contributed by atoms with E-state index in [4.69, 9.17) is 9.72 Å². The number of rotatable bonds is 4. The molecular weight excluding hydrogens is 418 g/mol. The minimum Gasteiger partial charge on any atom is -0.457 e. The number of hydrogen-bond donors (Lipinski definition) is 0. The van der Waals surface area contributed by atoms with Gasteiger partial charge in [-0.05, 0) is 61.4 Å². The summed E-state index contributed by atoms with van der Waals surface area (Å²) in [6, 6.07) is 21.3. The molecule has 4 aromatic rings. The molecule has 1 aliphatic heterocycles. The third-order valence-corrected chi connectivity index (χ3v) is 7.05. The van der Waals surface area contributed by atoms with Gasteiger partial charge in [-0.2, -0.15) is 0 Å². The second kappa shape index (κ2) is 8.63. The highest BCUT2D eigenvalue weighted by molar-refractivity contribution is 7.22. The first kappa shape index (κ1) is 20.5. The summed E-state index contributed by atoms with van der Waals surface area (Å²) in [5, 5.41) is 1.04. The predicted molar refractivity (Wildman–Crippen MR) is 130 cm³/mol. The van der Waals surface area contributed by atoms with Crippen LogP contribution in [0.3, 0.4) is 0 Å². The maximum Gasteiger partial charge on any atom is 0.254 e. The summed E-state index contributed by atoms with van der Waals surface area (Å²) in [6.07, 6.45) is 0. The number of benzene rings is 3. The van der Waals surface area contributed by atoms with Gasteiger partial charge in [0.2, 0.25) is 0 Å². The Morgan fingerprint density at radius 2 is 1.66 bits per heavy atom. The fourth-order valence-corrected chi connectivity index (χ4v) is 5.03. The second-order valence-electron chi connectivity index (χ2n) is 8.07. The molecule has 0 spiro atoms. The van der Waals surface area contributed by atoms with Crippen molar-refractivity contribution in [3.8, 4) is 11.5 Å². The molecule has 0 bridgehead atoms. The molecule has 1 amide bonds. The van der Waals surface area contributed by atoms with Crippen LogP contribution >= 0.6 is 11.3 Å². The van der Waals surface area contributed by atoms with E-state index < -0.39 is 0 Å². The van der Waals surface area contributed by atoms with Gasteiger partial charge >= 0.3 is 0 Å². The average Bonchev–Trinajstić information content (AvgIpc) is 3.27. The summed E-state index contributed by atoms with van der Waals surface area (Å²) >= 11 is 1.73.